The van der Waals surface area contributed by atoms with Gasteiger partial charge in [0.05, 0.1) is 6.04 Å². The molecule has 1 heterocycles. The molecule has 2 aromatic rings. The number of nitrogens with zero attached hydrogens (tertiary/aromatic N) is 3. The van der Waals surface area contributed by atoms with Crippen molar-refractivity contribution in [3.8, 4) is 0 Å². The number of halogens is 2. The Morgan fingerprint density at radius 2 is 1.69 bits per heavy atom. The van der Waals surface area contributed by atoms with Crippen LogP contribution in [0.5, 0.6) is 0 Å². The van der Waals surface area contributed by atoms with Gasteiger partial charge < -0.3 is 10.6 Å². The van der Waals surface area contributed by atoms with Crippen LogP contribution in [0.2, 0.25) is 10.0 Å². The van der Waals surface area contributed by atoms with E-state index in [-0.39, 0.29) is 6.04 Å². The molecule has 4 rings (SSSR count). The molecule has 172 valence electrons. The van der Waals surface area contributed by atoms with E-state index in [1.165, 1.54) is 43.2 Å². The number of aliphatic imine (C=N–C) groups is 1. The summed E-state index contributed by atoms with van der Waals surface area (Å²) in [6, 6.07) is 14.7. The van der Waals surface area contributed by atoms with Crippen LogP contribution in [0, 0.1) is 12.8 Å². The van der Waals surface area contributed by atoms with Gasteiger partial charge >= 0.3 is 0 Å². The summed E-state index contributed by atoms with van der Waals surface area (Å²) in [4.78, 5) is 9.48. The minimum atomic E-state index is 0.0860. The molecule has 0 bridgehead atoms. The Hall–Kier alpha value is -1.75. The molecule has 6 heteroatoms. The fraction of sp³-hybridized carbons (Fsp3) is 0.500. The van der Waals surface area contributed by atoms with Gasteiger partial charge in [0, 0.05) is 42.8 Å². The molecule has 0 radical (unpaired) electrons. The standard InChI is InChI=1S/C26H34Cl2N4/c1-19-7-9-21(10-8-19)25(23-12-11-22(27)17-24(23)28)31-13-15-32(16-14-31)26(29)30-18-20-5-3-2-4-6-20/h7-12,17,20,25H,2-6,13-16,18H2,1H3,(H2,29,30). The molecule has 1 atom stereocenters. The van der Waals surface area contributed by atoms with E-state index in [4.69, 9.17) is 33.9 Å². The molecule has 1 saturated carbocycles. The van der Waals surface area contributed by atoms with E-state index in [1.54, 1.807) is 0 Å². The molecule has 1 unspecified atom stereocenters. The van der Waals surface area contributed by atoms with E-state index in [1.807, 2.05) is 12.1 Å². The van der Waals surface area contributed by atoms with Crippen LogP contribution >= 0.6 is 23.2 Å². The molecule has 32 heavy (non-hydrogen) atoms. The topological polar surface area (TPSA) is 44.9 Å². The minimum absolute atomic E-state index is 0.0860. The van der Waals surface area contributed by atoms with Gasteiger partial charge in [0.15, 0.2) is 5.96 Å². The number of hydrogen-bond donors (Lipinski definition) is 1. The van der Waals surface area contributed by atoms with Crippen LogP contribution < -0.4 is 5.73 Å². The van der Waals surface area contributed by atoms with Crippen molar-refractivity contribution < 1.29 is 0 Å². The van der Waals surface area contributed by atoms with Gasteiger partial charge in [0.2, 0.25) is 0 Å². The highest BCUT2D eigenvalue weighted by Crippen LogP contribution is 2.35. The van der Waals surface area contributed by atoms with E-state index in [0.29, 0.717) is 21.9 Å². The minimum Gasteiger partial charge on any atom is -0.370 e. The second-order valence-corrected chi connectivity index (χ2v) is 10.0. The van der Waals surface area contributed by atoms with E-state index in [2.05, 4.69) is 47.1 Å². The number of piperazine rings is 1. The van der Waals surface area contributed by atoms with Crippen molar-refractivity contribution in [2.45, 2.75) is 45.1 Å². The molecular weight excluding hydrogens is 439 g/mol. The zero-order valence-electron chi connectivity index (χ0n) is 18.9. The molecule has 4 nitrogen and oxygen atoms in total. The summed E-state index contributed by atoms with van der Waals surface area (Å²) in [5.74, 6) is 1.41. The van der Waals surface area contributed by atoms with Gasteiger partial charge in [-0.2, -0.15) is 0 Å². The van der Waals surface area contributed by atoms with Crippen molar-refractivity contribution in [2.75, 3.05) is 32.7 Å². The number of rotatable bonds is 5. The molecule has 2 N–H and O–H groups in total. The average Bonchev–Trinajstić information content (AvgIpc) is 2.81. The molecule has 2 aliphatic rings. The summed E-state index contributed by atoms with van der Waals surface area (Å²) >= 11 is 12.8. The molecule has 0 aromatic heterocycles. The molecule has 0 spiro atoms. The number of guanidine groups is 1. The number of nitrogens with two attached hydrogens (primary N) is 1. The summed E-state index contributed by atoms with van der Waals surface area (Å²) in [6.07, 6.45) is 6.64. The summed E-state index contributed by atoms with van der Waals surface area (Å²) in [6.45, 7) is 6.52. The summed E-state index contributed by atoms with van der Waals surface area (Å²) in [7, 11) is 0. The number of aryl methyl sites for hydroxylation is 1. The fourth-order valence-corrected chi connectivity index (χ4v) is 5.47. The highest BCUT2D eigenvalue weighted by atomic mass is 35.5. The van der Waals surface area contributed by atoms with Gasteiger partial charge in [-0.25, -0.2) is 0 Å². The Balaban J connectivity index is 1.47. The first kappa shape index (κ1) is 23.4. The third-order valence-corrected chi connectivity index (χ3v) is 7.45. The Morgan fingerprint density at radius 3 is 2.34 bits per heavy atom. The third kappa shape index (κ3) is 5.78. The summed E-state index contributed by atoms with van der Waals surface area (Å²) in [5, 5.41) is 1.37. The quantitative estimate of drug-likeness (QED) is 0.434. The second-order valence-electron chi connectivity index (χ2n) is 9.20. The molecule has 1 aliphatic carbocycles. The predicted molar refractivity (Wildman–Crippen MR) is 136 cm³/mol. The van der Waals surface area contributed by atoms with Crippen LogP contribution in [0.3, 0.4) is 0 Å². The summed E-state index contributed by atoms with van der Waals surface area (Å²) < 4.78 is 0. The maximum atomic E-state index is 6.66. The van der Waals surface area contributed by atoms with E-state index >= 15 is 0 Å². The van der Waals surface area contributed by atoms with E-state index < -0.39 is 0 Å². The fourth-order valence-electron chi connectivity index (χ4n) is 4.96. The smallest absolute Gasteiger partial charge is 0.191 e. The SMILES string of the molecule is Cc1ccc(C(c2ccc(Cl)cc2Cl)N2CCN(C(N)=NCC3CCCCC3)CC2)cc1. The van der Waals surface area contributed by atoms with Gasteiger partial charge in [-0.3, -0.25) is 9.89 Å². The molecule has 2 aromatic carbocycles. The lowest BCUT2D eigenvalue weighted by Crippen LogP contribution is -2.52. The zero-order valence-corrected chi connectivity index (χ0v) is 20.5. The van der Waals surface area contributed by atoms with Crippen LogP contribution in [0.15, 0.2) is 47.5 Å². The lowest BCUT2D eigenvalue weighted by atomic mass is 9.89. The Labute approximate surface area is 202 Å². The normalized spacial score (nSPS) is 19.8. The predicted octanol–water partition coefficient (Wildman–Crippen LogP) is 5.90. The lowest BCUT2D eigenvalue weighted by molar-refractivity contribution is 0.149. The zero-order chi connectivity index (χ0) is 22.5. The molecule has 1 aliphatic heterocycles. The van der Waals surface area contributed by atoms with Gasteiger partial charge in [0.1, 0.15) is 0 Å². The van der Waals surface area contributed by atoms with Crippen molar-refractivity contribution in [1.29, 1.82) is 0 Å². The average molecular weight is 473 g/mol. The van der Waals surface area contributed by atoms with Crippen molar-refractivity contribution in [2.24, 2.45) is 16.6 Å². The Bertz CT molecular complexity index is 914. The van der Waals surface area contributed by atoms with Crippen LogP contribution in [0.25, 0.3) is 0 Å². The molecule has 2 fully saturated rings. The largest absolute Gasteiger partial charge is 0.370 e. The van der Waals surface area contributed by atoms with Gasteiger partial charge in [-0.15, -0.1) is 0 Å². The highest BCUT2D eigenvalue weighted by molar-refractivity contribution is 6.35. The second kappa shape index (κ2) is 10.9. The van der Waals surface area contributed by atoms with E-state index in [9.17, 15) is 0 Å². The van der Waals surface area contributed by atoms with E-state index in [0.717, 1.165) is 38.3 Å². The molecular formula is C26H34Cl2N4. The Kier molecular flexibility index (Phi) is 7.98. The Morgan fingerprint density at radius 1 is 1.00 bits per heavy atom. The highest BCUT2D eigenvalue weighted by Gasteiger charge is 2.28. The maximum Gasteiger partial charge on any atom is 0.191 e. The van der Waals surface area contributed by atoms with Crippen molar-refractivity contribution in [1.82, 2.24) is 9.80 Å². The molecule has 1 saturated heterocycles. The third-order valence-electron chi connectivity index (χ3n) is 6.89. The first-order valence-corrected chi connectivity index (χ1v) is 12.6. The first-order chi connectivity index (χ1) is 15.5. The van der Waals surface area contributed by atoms with Crippen LogP contribution in [-0.4, -0.2) is 48.5 Å². The van der Waals surface area contributed by atoms with Crippen LogP contribution in [0.1, 0.15) is 54.8 Å². The first-order valence-electron chi connectivity index (χ1n) is 11.8. The van der Waals surface area contributed by atoms with Gasteiger partial charge in [0.25, 0.3) is 0 Å². The van der Waals surface area contributed by atoms with Crippen molar-refractivity contribution in [3.63, 3.8) is 0 Å². The molecule has 0 amide bonds. The van der Waals surface area contributed by atoms with Crippen LogP contribution in [-0.2, 0) is 0 Å². The lowest BCUT2D eigenvalue weighted by Gasteiger charge is -2.40. The van der Waals surface area contributed by atoms with Gasteiger partial charge in [-0.1, -0.05) is 78.4 Å². The van der Waals surface area contributed by atoms with Gasteiger partial charge in [-0.05, 0) is 48.9 Å². The van der Waals surface area contributed by atoms with Crippen LogP contribution in [0.4, 0.5) is 0 Å². The monoisotopic (exact) mass is 472 g/mol. The number of benzene rings is 2. The maximum absolute atomic E-state index is 6.66. The number of hydrogen-bond acceptors (Lipinski definition) is 2. The van der Waals surface area contributed by atoms with Crippen molar-refractivity contribution >= 4 is 29.2 Å². The summed E-state index contributed by atoms with van der Waals surface area (Å²) in [5.41, 5.74) is 9.97. The van der Waals surface area contributed by atoms with Crippen molar-refractivity contribution in [3.05, 3.63) is 69.2 Å².